The third-order valence-electron chi connectivity index (χ3n) is 2.37. The zero-order chi connectivity index (χ0) is 13.9. The molecule has 0 fully saturated rings. The second kappa shape index (κ2) is 5.82. The van der Waals surface area contributed by atoms with E-state index in [1.54, 1.807) is 0 Å². The highest BCUT2D eigenvalue weighted by atomic mass is 35.7. The molecule has 6 heteroatoms. The molecule has 0 aliphatic rings. The normalized spacial score (nSPS) is 11.3. The number of rotatable bonds is 4. The van der Waals surface area contributed by atoms with E-state index in [2.05, 4.69) is 0 Å². The number of hydrogen-bond acceptors (Lipinski definition) is 3. The lowest BCUT2D eigenvalue weighted by Crippen LogP contribution is -1.97. The van der Waals surface area contributed by atoms with E-state index >= 15 is 0 Å². The summed E-state index contributed by atoms with van der Waals surface area (Å²) >= 11 is 5.83. The van der Waals surface area contributed by atoms with Gasteiger partial charge in [-0.1, -0.05) is 41.9 Å². The summed E-state index contributed by atoms with van der Waals surface area (Å²) in [5, 5.41) is 0.254. The monoisotopic (exact) mass is 316 g/mol. The van der Waals surface area contributed by atoms with Crippen LogP contribution in [-0.2, 0) is 15.7 Å². The highest BCUT2D eigenvalue weighted by Gasteiger charge is 2.12. The average Bonchev–Trinajstić information content (AvgIpc) is 2.36. The lowest BCUT2D eigenvalue weighted by Gasteiger charge is -2.08. The Morgan fingerprint density at radius 3 is 2.37 bits per heavy atom. The van der Waals surface area contributed by atoms with Crippen LogP contribution < -0.4 is 4.74 Å². The molecule has 0 heterocycles. The van der Waals surface area contributed by atoms with Crippen LogP contribution in [0.1, 0.15) is 5.56 Å². The van der Waals surface area contributed by atoms with Crippen molar-refractivity contribution in [2.45, 2.75) is 11.5 Å². The van der Waals surface area contributed by atoms with E-state index < -0.39 is 9.05 Å². The van der Waals surface area contributed by atoms with Gasteiger partial charge in [-0.25, -0.2) is 8.42 Å². The van der Waals surface area contributed by atoms with E-state index in [-0.39, 0.29) is 9.92 Å². The van der Waals surface area contributed by atoms with Gasteiger partial charge in [0.1, 0.15) is 12.4 Å². The van der Waals surface area contributed by atoms with E-state index in [0.29, 0.717) is 12.4 Å². The summed E-state index contributed by atoms with van der Waals surface area (Å²) in [6, 6.07) is 13.7. The van der Waals surface area contributed by atoms with Crippen LogP contribution in [0, 0.1) is 0 Å². The van der Waals surface area contributed by atoms with Crippen LogP contribution >= 0.6 is 22.3 Å². The molecule has 3 nitrogen and oxygen atoms in total. The van der Waals surface area contributed by atoms with Crippen molar-refractivity contribution in [2.75, 3.05) is 0 Å². The molecule has 2 aromatic rings. The van der Waals surface area contributed by atoms with Gasteiger partial charge in [-0.3, -0.25) is 0 Å². The lowest BCUT2D eigenvalue weighted by molar-refractivity contribution is 0.305. The third-order valence-corrected chi connectivity index (χ3v) is 3.93. The van der Waals surface area contributed by atoms with E-state index in [9.17, 15) is 8.42 Å². The average molecular weight is 317 g/mol. The number of benzene rings is 2. The van der Waals surface area contributed by atoms with Crippen molar-refractivity contribution < 1.29 is 13.2 Å². The van der Waals surface area contributed by atoms with Gasteiger partial charge in [-0.05, 0) is 17.7 Å². The van der Waals surface area contributed by atoms with Crippen LogP contribution in [-0.4, -0.2) is 8.42 Å². The summed E-state index contributed by atoms with van der Waals surface area (Å²) < 4.78 is 28.0. The van der Waals surface area contributed by atoms with Gasteiger partial charge in [-0.2, -0.15) is 0 Å². The molecule has 0 spiro atoms. The van der Waals surface area contributed by atoms with E-state index in [1.165, 1.54) is 18.2 Å². The highest BCUT2D eigenvalue weighted by Crippen LogP contribution is 2.26. The van der Waals surface area contributed by atoms with Crippen LogP contribution in [0.3, 0.4) is 0 Å². The first-order valence-corrected chi connectivity index (χ1v) is 8.06. The van der Waals surface area contributed by atoms with Crippen LogP contribution in [0.4, 0.5) is 0 Å². The Hall–Kier alpha value is -1.23. The van der Waals surface area contributed by atoms with Crippen molar-refractivity contribution in [3.63, 3.8) is 0 Å². The second-order valence-corrected chi connectivity index (χ2v) is 6.84. The molecular formula is C13H10Cl2O3S. The van der Waals surface area contributed by atoms with Crippen LogP contribution in [0.25, 0.3) is 0 Å². The van der Waals surface area contributed by atoms with Gasteiger partial charge in [0, 0.05) is 21.8 Å². The second-order valence-electron chi connectivity index (χ2n) is 3.83. The maximum absolute atomic E-state index is 11.3. The molecule has 0 saturated carbocycles. The maximum Gasteiger partial charge on any atom is 0.261 e. The standard InChI is InChI=1S/C13H10Cl2O3S/c14-11-6-12(8-13(7-11)19(15,16)17)18-9-10-4-2-1-3-5-10/h1-8H,9H2. The van der Waals surface area contributed by atoms with Gasteiger partial charge in [-0.15, -0.1) is 0 Å². The third kappa shape index (κ3) is 4.13. The fourth-order valence-electron chi connectivity index (χ4n) is 1.50. The largest absolute Gasteiger partial charge is 0.489 e. The number of halogens is 2. The maximum atomic E-state index is 11.3. The van der Waals surface area contributed by atoms with Crippen molar-refractivity contribution in [1.82, 2.24) is 0 Å². The predicted octanol–water partition coefficient (Wildman–Crippen LogP) is 3.85. The van der Waals surface area contributed by atoms with Gasteiger partial charge >= 0.3 is 0 Å². The summed E-state index contributed by atoms with van der Waals surface area (Å²) in [5.41, 5.74) is 0.970. The van der Waals surface area contributed by atoms with Crippen LogP contribution in [0.5, 0.6) is 5.75 Å². The summed E-state index contributed by atoms with van der Waals surface area (Å²) in [5.74, 6) is 0.357. The quantitative estimate of drug-likeness (QED) is 0.805. The van der Waals surface area contributed by atoms with E-state index in [0.717, 1.165) is 5.56 Å². The summed E-state index contributed by atoms with van der Waals surface area (Å²) in [7, 11) is 1.45. The first-order chi connectivity index (χ1) is 8.95. The molecular weight excluding hydrogens is 307 g/mol. The molecule has 0 unspecified atom stereocenters. The Kier molecular flexibility index (Phi) is 4.34. The Morgan fingerprint density at radius 2 is 1.74 bits per heavy atom. The summed E-state index contributed by atoms with van der Waals surface area (Å²) in [6.07, 6.45) is 0. The molecule has 0 radical (unpaired) electrons. The fraction of sp³-hybridized carbons (Fsp3) is 0.0769. The van der Waals surface area contributed by atoms with Gasteiger partial charge in [0.2, 0.25) is 0 Å². The fourth-order valence-corrected chi connectivity index (χ4v) is 2.58. The number of ether oxygens (including phenoxy) is 1. The van der Waals surface area contributed by atoms with E-state index in [1.807, 2.05) is 30.3 Å². The van der Waals surface area contributed by atoms with Crippen molar-refractivity contribution in [3.8, 4) is 5.75 Å². The Balaban J connectivity index is 2.19. The van der Waals surface area contributed by atoms with Gasteiger partial charge in [0.25, 0.3) is 9.05 Å². The Morgan fingerprint density at radius 1 is 1.05 bits per heavy atom. The Bertz CT molecular complexity index is 670. The summed E-state index contributed by atoms with van der Waals surface area (Å²) in [6.45, 7) is 0.322. The summed E-state index contributed by atoms with van der Waals surface area (Å²) in [4.78, 5) is -0.0790. The molecule has 0 amide bonds. The molecule has 0 bridgehead atoms. The van der Waals surface area contributed by atoms with Crippen molar-refractivity contribution in [3.05, 3.63) is 59.1 Å². The Labute approximate surface area is 121 Å². The molecule has 2 aromatic carbocycles. The first kappa shape index (κ1) is 14.2. The SMILES string of the molecule is O=S(=O)(Cl)c1cc(Cl)cc(OCc2ccccc2)c1. The predicted molar refractivity (Wildman–Crippen MR) is 75.3 cm³/mol. The smallest absolute Gasteiger partial charge is 0.261 e. The zero-order valence-electron chi connectivity index (χ0n) is 9.71. The number of hydrogen-bond donors (Lipinski definition) is 0. The molecule has 2 rings (SSSR count). The lowest BCUT2D eigenvalue weighted by atomic mass is 10.2. The zero-order valence-corrected chi connectivity index (χ0v) is 12.0. The molecule has 0 aliphatic heterocycles. The van der Waals surface area contributed by atoms with Crippen molar-refractivity contribution >= 4 is 31.3 Å². The minimum atomic E-state index is -3.82. The van der Waals surface area contributed by atoms with Crippen molar-refractivity contribution in [1.29, 1.82) is 0 Å². The molecule has 19 heavy (non-hydrogen) atoms. The minimum Gasteiger partial charge on any atom is -0.489 e. The van der Waals surface area contributed by atoms with Gasteiger partial charge < -0.3 is 4.74 Å². The van der Waals surface area contributed by atoms with Crippen LogP contribution in [0.15, 0.2) is 53.4 Å². The van der Waals surface area contributed by atoms with Gasteiger partial charge in [0.15, 0.2) is 0 Å². The van der Waals surface area contributed by atoms with Crippen LogP contribution in [0.2, 0.25) is 5.02 Å². The van der Waals surface area contributed by atoms with E-state index in [4.69, 9.17) is 27.0 Å². The molecule has 0 atom stereocenters. The molecule has 0 aromatic heterocycles. The minimum absolute atomic E-state index is 0.0790. The molecule has 100 valence electrons. The molecule has 0 saturated heterocycles. The first-order valence-electron chi connectivity index (χ1n) is 5.37. The molecule has 0 N–H and O–H groups in total. The molecule has 0 aliphatic carbocycles. The van der Waals surface area contributed by atoms with Gasteiger partial charge in [0.05, 0.1) is 4.90 Å². The highest BCUT2D eigenvalue weighted by molar-refractivity contribution is 8.13. The topological polar surface area (TPSA) is 43.4 Å². The van der Waals surface area contributed by atoms with Crippen molar-refractivity contribution in [2.24, 2.45) is 0 Å².